The van der Waals surface area contributed by atoms with Crippen molar-refractivity contribution in [1.82, 2.24) is 9.97 Å². The number of anilines is 1. The molecule has 2 rings (SSSR count). The molecule has 2 N–H and O–H groups in total. The predicted octanol–water partition coefficient (Wildman–Crippen LogP) is 1.74. The van der Waals surface area contributed by atoms with Crippen LogP contribution in [-0.4, -0.2) is 29.6 Å². The fourth-order valence-electron chi connectivity index (χ4n) is 2.78. The maximum Gasteiger partial charge on any atom is 0.132 e. The highest BCUT2D eigenvalue weighted by Gasteiger charge is 2.27. The summed E-state index contributed by atoms with van der Waals surface area (Å²) in [5.41, 5.74) is 6.90. The van der Waals surface area contributed by atoms with Gasteiger partial charge in [0.15, 0.2) is 0 Å². The lowest BCUT2D eigenvalue weighted by Gasteiger charge is -2.38. The van der Waals surface area contributed by atoms with E-state index in [2.05, 4.69) is 21.9 Å². The summed E-state index contributed by atoms with van der Waals surface area (Å²) < 4.78 is 0. The van der Waals surface area contributed by atoms with E-state index in [1.165, 1.54) is 25.7 Å². The molecule has 17 heavy (non-hydrogen) atoms. The Morgan fingerprint density at radius 3 is 2.82 bits per heavy atom. The fraction of sp³-hybridized carbons (Fsp3) is 0.692. The van der Waals surface area contributed by atoms with Gasteiger partial charge in [0.2, 0.25) is 0 Å². The zero-order chi connectivity index (χ0) is 12.3. The Morgan fingerprint density at radius 1 is 1.35 bits per heavy atom. The number of hydrogen-bond donors (Lipinski definition) is 1. The summed E-state index contributed by atoms with van der Waals surface area (Å²) in [6.07, 6.45) is 6.73. The minimum Gasteiger partial charge on any atom is -0.356 e. The third kappa shape index (κ3) is 2.75. The molecule has 0 saturated heterocycles. The van der Waals surface area contributed by atoms with Crippen LogP contribution < -0.4 is 10.6 Å². The zero-order valence-electron chi connectivity index (χ0n) is 10.8. The molecule has 0 spiro atoms. The molecule has 1 heterocycles. The molecule has 2 atom stereocenters. The molecule has 94 valence electrons. The highest BCUT2D eigenvalue weighted by atomic mass is 15.2. The molecule has 1 saturated carbocycles. The summed E-state index contributed by atoms with van der Waals surface area (Å²) >= 11 is 0. The second-order valence-electron chi connectivity index (χ2n) is 4.98. The number of aromatic nitrogens is 2. The van der Waals surface area contributed by atoms with Crippen LogP contribution in [0.1, 0.15) is 31.4 Å². The molecule has 1 fully saturated rings. The average molecular weight is 234 g/mol. The van der Waals surface area contributed by atoms with Crippen molar-refractivity contribution in [2.24, 2.45) is 11.7 Å². The molecular formula is C13H22N4. The average Bonchev–Trinajstić information content (AvgIpc) is 2.38. The van der Waals surface area contributed by atoms with Crippen LogP contribution in [0.2, 0.25) is 0 Å². The number of rotatable bonds is 3. The van der Waals surface area contributed by atoms with Gasteiger partial charge in [0, 0.05) is 24.8 Å². The van der Waals surface area contributed by atoms with E-state index in [-0.39, 0.29) is 0 Å². The first kappa shape index (κ1) is 12.3. The summed E-state index contributed by atoms with van der Waals surface area (Å²) in [4.78, 5) is 10.8. The van der Waals surface area contributed by atoms with E-state index < -0.39 is 0 Å². The van der Waals surface area contributed by atoms with Crippen LogP contribution in [0.25, 0.3) is 0 Å². The minimum absolute atomic E-state index is 0.531. The van der Waals surface area contributed by atoms with Crippen molar-refractivity contribution in [1.29, 1.82) is 0 Å². The highest BCUT2D eigenvalue weighted by Crippen LogP contribution is 2.29. The summed E-state index contributed by atoms with van der Waals surface area (Å²) in [6, 6.07) is 2.57. The first-order valence-corrected chi connectivity index (χ1v) is 6.44. The Morgan fingerprint density at radius 2 is 2.12 bits per heavy atom. The smallest absolute Gasteiger partial charge is 0.132 e. The Hall–Kier alpha value is -1.16. The van der Waals surface area contributed by atoms with Crippen LogP contribution in [0.3, 0.4) is 0 Å². The van der Waals surface area contributed by atoms with Gasteiger partial charge in [-0.3, -0.25) is 0 Å². The first-order chi connectivity index (χ1) is 8.22. The molecule has 0 radical (unpaired) electrons. The van der Waals surface area contributed by atoms with Gasteiger partial charge in [-0.1, -0.05) is 12.8 Å². The molecule has 1 aromatic heterocycles. The first-order valence-electron chi connectivity index (χ1n) is 6.44. The second kappa shape index (κ2) is 5.45. The van der Waals surface area contributed by atoms with E-state index in [9.17, 15) is 0 Å². The molecule has 1 aromatic rings. The quantitative estimate of drug-likeness (QED) is 0.865. The SMILES string of the molecule is Cc1cc(N(C)C2CCCCC2CN)ncn1. The molecule has 0 amide bonds. The molecule has 0 aliphatic heterocycles. The maximum absolute atomic E-state index is 5.88. The molecule has 1 aliphatic rings. The van der Waals surface area contributed by atoms with E-state index in [0.717, 1.165) is 18.1 Å². The van der Waals surface area contributed by atoms with Gasteiger partial charge in [0.1, 0.15) is 12.1 Å². The molecule has 0 aromatic carbocycles. The van der Waals surface area contributed by atoms with Gasteiger partial charge in [0.05, 0.1) is 0 Å². The van der Waals surface area contributed by atoms with Gasteiger partial charge < -0.3 is 10.6 Å². The molecule has 1 aliphatic carbocycles. The largest absolute Gasteiger partial charge is 0.356 e. The molecule has 2 unspecified atom stereocenters. The van der Waals surface area contributed by atoms with Crippen LogP contribution in [0.5, 0.6) is 0 Å². The standard InChI is InChI=1S/C13H22N4/c1-10-7-13(16-9-15-10)17(2)12-6-4-3-5-11(12)8-14/h7,9,11-12H,3-6,8,14H2,1-2H3. The Balaban J connectivity index is 2.15. The van der Waals surface area contributed by atoms with Crippen LogP contribution in [0.15, 0.2) is 12.4 Å². The van der Waals surface area contributed by atoms with E-state index in [1.54, 1.807) is 6.33 Å². The number of nitrogens with zero attached hydrogens (tertiary/aromatic N) is 3. The van der Waals surface area contributed by atoms with E-state index in [1.807, 2.05) is 13.0 Å². The van der Waals surface area contributed by atoms with Gasteiger partial charge in [-0.05, 0) is 32.2 Å². The van der Waals surface area contributed by atoms with Crippen LogP contribution >= 0.6 is 0 Å². The van der Waals surface area contributed by atoms with Crippen molar-refractivity contribution < 1.29 is 0 Å². The predicted molar refractivity (Wildman–Crippen MR) is 70.0 cm³/mol. The van der Waals surface area contributed by atoms with E-state index >= 15 is 0 Å². The summed E-state index contributed by atoms with van der Waals surface area (Å²) in [6.45, 7) is 2.78. The normalized spacial score (nSPS) is 24.6. The highest BCUT2D eigenvalue weighted by molar-refractivity contribution is 5.39. The monoisotopic (exact) mass is 234 g/mol. The van der Waals surface area contributed by atoms with Gasteiger partial charge in [-0.2, -0.15) is 0 Å². The number of aryl methyl sites for hydroxylation is 1. The maximum atomic E-state index is 5.88. The lowest BCUT2D eigenvalue weighted by molar-refractivity contribution is 0.305. The lowest BCUT2D eigenvalue weighted by atomic mass is 9.84. The molecule has 4 nitrogen and oxygen atoms in total. The summed E-state index contributed by atoms with van der Waals surface area (Å²) in [7, 11) is 2.13. The lowest BCUT2D eigenvalue weighted by Crippen LogP contribution is -2.43. The Labute approximate surface area is 103 Å². The van der Waals surface area contributed by atoms with Gasteiger partial charge in [0.25, 0.3) is 0 Å². The van der Waals surface area contributed by atoms with Gasteiger partial charge in [-0.25, -0.2) is 9.97 Å². The van der Waals surface area contributed by atoms with Crippen LogP contribution in [0, 0.1) is 12.8 Å². The second-order valence-corrected chi connectivity index (χ2v) is 4.98. The molecule has 4 heteroatoms. The van der Waals surface area contributed by atoms with Crippen molar-refractivity contribution in [2.75, 3.05) is 18.5 Å². The van der Waals surface area contributed by atoms with E-state index in [0.29, 0.717) is 12.0 Å². The van der Waals surface area contributed by atoms with Gasteiger partial charge >= 0.3 is 0 Å². The van der Waals surface area contributed by atoms with Crippen molar-refractivity contribution in [3.05, 3.63) is 18.1 Å². The van der Waals surface area contributed by atoms with Gasteiger partial charge in [-0.15, -0.1) is 0 Å². The van der Waals surface area contributed by atoms with Crippen LogP contribution in [0.4, 0.5) is 5.82 Å². The molecular weight excluding hydrogens is 212 g/mol. The van der Waals surface area contributed by atoms with Crippen molar-refractivity contribution in [2.45, 2.75) is 38.6 Å². The Kier molecular flexibility index (Phi) is 3.94. The van der Waals surface area contributed by atoms with Crippen molar-refractivity contribution in [3.63, 3.8) is 0 Å². The Bertz CT molecular complexity index is 366. The minimum atomic E-state index is 0.531. The molecule has 0 bridgehead atoms. The summed E-state index contributed by atoms with van der Waals surface area (Å²) in [5, 5.41) is 0. The number of nitrogens with two attached hydrogens (primary N) is 1. The zero-order valence-corrected chi connectivity index (χ0v) is 10.8. The fourth-order valence-corrected chi connectivity index (χ4v) is 2.78. The van der Waals surface area contributed by atoms with Crippen molar-refractivity contribution in [3.8, 4) is 0 Å². The third-order valence-corrected chi connectivity index (χ3v) is 3.82. The summed E-state index contributed by atoms with van der Waals surface area (Å²) in [5.74, 6) is 1.62. The third-order valence-electron chi connectivity index (χ3n) is 3.82. The number of hydrogen-bond acceptors (Lipinski definition) is 4. The van der Waals surface area contributed by atoms with E-state index in [4.69, 9.17) is 5.73 Å². The van der Waals surface area contributed by atoms with Crippen molar-refractivity contribution >= 4 is 5.82 Å². The topological polar surface area (TPSA) is 55.0 Å². The van der Waals surface area contributed by atoms with Crippen LogP contribution in [-0.2, 0) is 0 Å².